The average molecular weight is 758 g/mol. The molecule has 54 heavy (non-hydrogen) atoms. The van der Waals surface area contributed by atoms with Crippen molar-refractivity contribution >= 4 is 49.2 Å². The van der Waals surface area contributed by atoms with Gasteiger partial charge in [0.25, 0.3) is 0 Å². The summed E-state index contributed by atoms with van der Waals surface area (Å²) in [5, 5.41) is 15.0. The summed E-state index contributed by atoms with van der Waals surface area (Å²) in [6, 6.07) is 3.91. The Balaban J connectivity index is 1.20. The molecule has 0 unspecified atom stereocenters. The summed E-state index contributed by atoms with van der Waals surface area (Å²) >= 11 is 0.933. The number of nitrogens with two attached hydrogens (primary N) is 1. The van der Waals surface area contributed by atoms with Crippen molar-refractivity contribution in [3.8, 4) is 23.3 Å². The third-order valence-corrected chi connectivity index (χ3v) is 12.8. The highest BCUT2D eigenvalue weighted by atomic mass is 32.1. The number of amides is 1. The summed E-state index contributed by atoms with van der Waals surface area (Å²) in [6.45, 7) is 6.01. The summed E-state index contributed by atoms with van der Waals surface area (Å²) in [4.78, 5) is 38.3. The zero-order valence-electron chi connectivity index (χ0n) is 29.9. The number of anilines is 2. The van der Waals surface area contributed by atoms with E-state index in [2.05, 4.69) is 26.0 Å². The van der Waals surface area contributed by atoms with E-state index in [0.29, 0.717) is 61.6 Å². The molecule has 280 valence electrons. The Morgan fingerprint density at radius 2 is 2.00 bits per heavy atom. The molecule has 0 radical (unpaired) electrons. The van der Waals surface area contributed by atoms with Crippen LogP contribution in [0.1, 0.15) is 62.5 Å². The van der Waals surface area contributed by atoms with Gasteiger partial charge in [-0.15, -0.1) is 16.4 Å². The molecule has 5 aromatic rings. The number of ether oxygens (including phenoxy) is 1. The number of fused-ring (bicyclic) bond motifs is 2. The Kier molecular flexibility index (Phi) is 8.38. The van der Waals surface area contributed by atoms with E-state index in [4.69, 9.17) is 25.4 Å². The van der Waals surface area contributed by atoms with Crippen molar-refractivity contribution in [3.63, 3.8) is 0 Å². The molecule has 4 atom stereocenters. The van der Waals surface area contributed by atoms with E-state index in [1.807, 2.05) is 6.92 Å². The molecular weight excluding hydrogens is 720 g/mol. The Morgan fingerprint density at radius 3 is 2.80 bits per heavy atom. The number of hydrogen-bond donors (Lipinski definition) is 1. The van der Waals surface area contributed by atoms with Crippen molar-refractivity contribution in [1.29, 1.82) is 5.26 Å². The lowest BCUT2D eigenvalue weighted by Gasteiger charge is -2.36. The van der Waals surface area contributed by atoms with E-state index in [1.54, 1.807) is 11.8 Å². The fourth-order valence-electron chi connectivity index (χ4n) is 9.17. The van der Waals surface area contributed by atoms with Gasteiger partial charge in [-0.3, -0.25) is 4.90 Å². The molecule has 1 amide bonds. The van der Waals surface area contributed by atoms with Crippen molar-refractivity contribution in [1.82, 2.24) is 39.5 Å². The highest BCUT2D eigenvalue weighted by Gasteiger charge is 2.49. The SMILES string of the molecule is Cc1ncn(C(=O)N2CC[C@@H](N3CCCCc4nc(-c5ccc(F)c6sc(N)c(C#N)c56)c(F)c5nc(OC[C@@]67CCCN6C[C@H](F)C7)nc3c45)[C@H]2C)n1. The van der Waals surface area contributed by atoms with Crippen LogP contribution in [0.5, 0.6) is 6.01 Å². The molecule has 0 saturated carbocycles. The van der Waals surface area contributed by atoms with Crippen LogP contribution in [-0.2, 0) is 6.42 Å². The van der Waals surface area contributed by atoms with Crippen LogP contribution in [0.4, 0.5) is 28.8 Å². The Morgan fingerprint density at radius 1 is 1.15 bits per heavy atom. The second-order valence-corrected chi connectivity index (χ2v) is 15.9. The lowest BCUT2D eigenvalue weighted by atomic mass is 9.95. The van der Waals surface area contributed by atoms with Gasteiger partial charge < -0.3 is 20.3 Å². The largest absolute Gasteiger partial charge is 0.461 e. The zero-order chi connectivity index (χ0) is 37.5. The van der Waals surface area contributed by atoms with Crippen molar-refractivity contribution in [2.24, 2.45) is 0 Å². The second kappa shape index (κ2) is 13.0. The number of likely N-dealkylation sites (tertiary alicyclic amines) is 1. The molecule has 17 heteroatoms. The number of nitriles is 1. The minimum Gasteiger partial charge on any atom is -0.461 e. The smallest absolute Gasteiger partial charge is 0.346 e. The predicted octanol–water partition coefficient (Wildman–Crippen LogP) is 5.77. The second-order valence-electron chi connectivity index (χ2n) is 14.9. The van der Waals surface area contributed by atoms with E-state index in [9.17, 15) is 14.4 Å². The number of thiophene rings is 1. The molecular formula is C37H38F3N11O2S. The van der Waals surface area contributed by atoms with Crippen LogP contribution in [0.25, 0.3) is 32.2 Å². The van der Waals surface area contributed by atoms with Crippen molar-refractivity contribution in [2.45, 2.75) is 82.6 Å². The van der Waals surface area contributed by atoms with Gasteiger partial charge in [-0.05, 0) is 71.0 Å². The molecule has 1 aromatic carbocycles. The maximum absolute atomic E-state index is 17.3. The number of nitrogens with zero attached hydrogens (tertiary/aromatic N) is 10. The first kappa shape index (κ1) is 34.7. The third kappa shape index (κ3) is 5.44. The summed E-state index contributed by atoms with van der Waals surface area (Å²) in [6.07, 6.45) is 5.07. The number of nitrogen functional groups attached to an aromatic ring is 1. The van der Waals surface area contributed by atoms with Gasteiger partial charge >= 0.3 is 12.0 Å². The number of alkyl halides is 1. The van der Waals surface area contributed by atoms with Crippen LogP contribution in [-0.4, -0.2) is 102 Å². The number of benzene rings is 1. The predicted molar refractivity (Wildman–Crippen MR) is 196 cm³/mol. The number of carbonyl (C=O) groups excluding carboxylic acids is 1. The maximum atomic E-state index is 17.3. The van der Waals surface area contributed by atoms with E-state index in [0.717, 1.165) is 43.6 Å². The van der Waals surface area contributed by atoms with Gasteiger partial charge in [0.15, 0.2) is 5.82 Å². The van der Waals surface area contributed by atoms with Gasteiger partial charge in [-0.25, -0.2) is 27.9 Å². The molecule has 4 aliphatic rings. The minimum absolute atomic E-state index is 0.0201. The van der Waals surface area contributed by atoms with Crippen molar-refractivity contribution < 1.29 is 22.7 Å². The first-order valence-electron chi connectivity index (χ1n) is 18.4. The zero-order valence-corrected chi connectivity index (χ0v) is 30.7. The molecule has 0 spiro atoms. The normalized spacial score (nSPS) is 24.3. The van der Waals surface area contributed by atoms with Gasteiger partial charge in [-0.2, -0.15) is 19.9 Å². The number of halogens is 3. The van der Waals surface area contributed by atoms with Crippen LogP contribution in [0, 0.1) is 29.9 Å². The Hall–Kier alpha value is -5.08. The molecule has 0 bridgehead atoms. The number of rotatable bonds is 5. The molecule has 9 rings (SSSR count). The quantitative estimate of drug-likeness (QED) is 0.233. The molecule has 4 aliphatic heterocycles. The molecule has 4 aromatic heterocycles. The fraction of sp³-hybridized carbons (Fsp3) is 0.486. The van der Waals surface area contributed by atoms with E-state index in [-0.39, 0.29) is 68.2 Å². The van der Waals surface area contributed by atoms with Gasteiger partial charge in [0, 0.05) is 37.0 Å². The number of aryl methyl sites for hydroxylation is 2. The van der Waals surface area contributed by atoms with Gasteiger partial charge in [0.1, 0.15) is 58.8 Å². The first-order chi connectivity index (χ1) is 26.1. The highest BCUT2D eigenvalue weighted by molar-refractivity contribution is 7.23. The minimum atomic E-state index is -0.961. The molecule has 3 saturated heterocycles. The summed E-state index contributed by atoms with van der Waals surface area (Å²) in [5.41, 5.74) is 6.40. The van der Waals surface area contributed by atoms with E-state index < -0.39 is 23.3 Å². The van der Waals surface area contributed by atoms with Gasteiger partial charge in [0.05, 0.1) is 39.0 Å². The van der Waals surface area contributed by atoms with Crippen LogP contribution < -0.4 is 15.4 Å². The van der Waals surface area contributed by atoms with Crippen LogP contribution in [0.3, 0.4) is 0 Å². The standard InChI is InChI=1S/C37H38F3N11O2S/c1-19-26(9-13-49(19)36(52)51-18-43-20(2)47-51)50-12-4-3-6-25-28-31(45-35(46-34(28)50)53-17-37-10-5-11-48(37)16-21(38)14-37)29(40)30(44-25)22-7-8-24(39)32-27(22)23(15-41)33(42)54-32/h7-8,18-19,21,26H,3-6,9-14,16-17,42H2,1-2H3/t19-,21-,26-,37+/m1/s1. The van der Waals surface area contributed by atoms with E-state index >= 15 is 8.78 Å². The number of hydrogen-bond acceptors (Lipinski definition) is 12. The van der Waals surface area contributed by atoms with Crippen LogP contribution in [0.2, 0.25) is 0 Å². The number of pyridine rings is 1. The Bertz CT molecular complexity index is 2380. The summed E-state index contributed by atoms with van der Waals surface area (Å²) in [7, 11) is 0. The van der Waals surface area contributed by atoms with Crippen molar-refractivity contribution in [2.75, 3.05) is 43.4 Å². The highest BCUT2D eigenvalue weighted by Crippen LogP contribution is 2.45. The molecule has 13 nitrogen and oxygen atoms in total. The third-order valence-electron chi connectivity index (χ3n) is 11.7. The molecule has 0 aliphatic carbocycles. The molecule has 2 N–H and O–H groups in total. The molecule has 8 heterocycles. The Labute approximate surface area is 312 Å². The maximum Gasteiger partial charge on any atom is 0.346 e. The van der Waals surface area contributed by atoms with Gasteiger partial charge in [-0.1, -0.05) is 0 Å². The lowest BCUT2D eigenvalue weighted by molar-refractivity contribution is 0.107. The first-order valence-corrected chi connectivity index (χ1v) is 19.2. The monoisotopic (exact) mass is 757 g/mol. The number of carbonyl (C=O) groups is 1. The van der Waals surface area contributed by atoms with E-state index in [1.165, 1.54) is 23.1 Å². The topological polar surface area (TPSA) is 155 Å². The van der Waals surface area contributed by atoms with Crippen LogP contribution >= 0.6 is 11.3 Å². The van der Waals surface area contributed by atoms with Crippen LogP contribution in [0.15, 0.2) is 18.5 Å². The molecule has 3 fully saturated rings. The van der Waals surface area contributed by atoms with Gasteiger partial charge in [0.2, 0.25) is 0 Å². The summed E-state index contributed by atoms with van der Waals surface area (Å²) < 4.78 is 54.9. The lowest BCUT2D eigenvalue weighted by Crippen LogP contribution is -2.47. The summed E-state index contributed by atoms with van der Waals surface area (Å²) in [5.74, 6) is -0.404. The number of aromatic nitrogens is 6. The van der Waals surface area contributed by atoms with Crippen molar-refractivity contribution in [3.05, 3.63) is 47.2 Å². The average Bonchev–Trinajstić information content (AvgIpc) is 3.97. The fourth-order valence-corrected chi connectivity index (χ4v) is 10.1.